The Bertz CT molecular complexity index is 1270. The summed E-state index contributed by atoms with van der Waals surface area (Å²) in [6, 6.07) is 13.8. The molecule has 4 rings (SSSR count). The smallest absolute Gasteiger partial charge is 0.252 e. The maximum Gasteiger partial charge on any atom is 0.252 e. The fourth-order valence-electron chi connectivity index (χ4n) is 3.32. The van der Waals surface area contributed by atoms with Crippen LogP contribution in [0.25, 0.3) is 11.0 Å². The van der Waals surface area contributed by atoms with E-state index in [2.05, 4.69) is 15.3 Å². The first-order chi connectivity index (χ1) is 15.0. The van der Waals surface area contributed by atoms with Crippen LogP contribution in [0.4, 0.5) is 14.7 Å². The van der Waals surface area contributed by atoms with E-state index in [1.54, 1.807) is 12.3 Å². The van der Waals surface area contributed by atoms with Gasteiger partial charge >= 0.3 is 0 Å². The van der Waals surface area contributed by atoms with Crippen molar-refractivity contribution in [3.8, 4) is 0 Å². The molecule has 2 aromatic heterocycles. The van der Waals surface area contributed by atoms with Crippen molar-refractivity contribution >= 4 is 17.0 Å². The molecule has 2 aromatic carbocycles. The number of hydrogen-bond donors (Lipinski definition) is 2. The second kappa shape index (κ2) is 8.61. The molecule has 158 valence electrons. The van der Waals surface area contributed by atoms with Crippen LogP contribution in [0.15, 0.2) is 65.6 Å². The van der Waals surface area contributed by atoms with E-state index < -0.39 is 17.2 Å². The highest BCUT2D eigenvalue weighted by Gasteiger charge is 2.14. The minimum atomic E-state index is -0.726. The SMILES string of the molecule is C[C@H](Nc1ncc2ccc(=O)n(Cc3c(F)cccc3F)c2n1)c1ccc(CO)cc1. The summed E-state index contributed by atoms with van der Waals surface area (Å²) >= 11 is 0. The third kappa shape index (κ3) is 4.29. The van der Waals surface area contributed by atoms with Crippen LogP contribution in [-0.2, 0) is 13.2 Å². The Kier molecular flexibility index (Phi) is 5.73. The fourth-order valence-corrected chi connectivity index (χ4v) is 3.32. The van der Waals surface area contributed by atoms with Crippen molar-refractivity contribution in [1.29, 1.82) is 0 Å². The quantitative estimate of drug-likeness (QED) is 0.494. The van der Waals surface area contributed by atoms with Crippen molar-refractivity contribution in [3.05, 3.63) is 99.5 Å². The average Bonchev–Trinajstić information content (AvgIpc) is 2.77. The summed E-state index contributed by atoms with van der Waals surface area (Å²) < 4.78 is 29.5. The molecular formula is C23H20F2N4O2. The molecule has 0 saturated heterocycles. The van der Waals surface area contributed by atoms with E-state index in [1.165, 1.54) is 16.7 Å². The molecule has 0 aliphatic heterocycles. The molecule has 0 bridgehead atoms. The van der Waals surface area contributed by atoms with Crippen molar-refractivity contribution in [2.24, 2.45) is 0 Å². The van der Waals surface area contributed by atoms with Gasteiger partial charge in [-0.3, -0.25) is 9.36 Å². The fraction of sp³-hybridized carbons (Fsp3) is 0.174. The van der Waals surface area contributed by atoms with Crippen LogP contribution in [0.3, 0.4) is 0 Å². The number of anilines is 1. The average molecular weight is 422 g/mol. The van der Waals surface area contributed by atoms with E-state index in [4.69, 9.17) is 0 Å². The van der Waals surface area contributed by atoms with Gasteiger partial charge in [-0.05, 0) is 36.2 Å². The van der Waals surface area contributed by atoms with Gasteiger partial charge in [-0.2, -0.15) is 4.98 Å². The lowest BCUT2D eigenvalue weighted by molar-refractivity contribution is 0.282. The molecule has 0 fully saturated rings. The van der Waals surface area contributed by atoms with E-state index >= 15 is 0 Å². The molecule has 8 heteroatoms. The van der Waals surface area contributed by atoms with Crippen LogP contribution in [-0.4, -0.2) is 19.6 Å². The number of aliphatic hydroxyl groups excluding tert-OH is 1. The summed E-state index contributed by atoms with van der Waals surface area (Å²) in [5.41, 5.74) is 1.41. The summed E-state index contributed by atoms with van der Waals surface area (Å²) in [4.78, 5) is 21.2. The Morgan fingerprint density at radius 1 is 1.06 bits per heavy atom. The van der Waals surface area contributed by atoms with Gasteiger partial charge in [-0.1, -0.05) is 30.3 Å². The van der Waals surface area contributed by atoms with Gasteiger partial charge in [-0.25, -0.2) is 13.8 Å². The topological polar surface area (TPSA) is 80.0 Å². The number of aliphatic hydroxyl groups is 1. The summed E-state index contributed by atoms with van der Waals surface area (Å²) in [5.74, 6) is -1.17. The second-order valence-electron chi connectivity index (χ2n) is 7.20. The number of halogens is 2. The molecule has 4 aromatic rings. The molecule has 2 N–H and O–H groups in total. The van der Waals surface area contributed by atoms with Gasteiger partial charge in [-0.15, -0.1) is 0 Å². The molecule has 6 nitrogen and oxygen atoms in total. The number of benzene rings is 2. The van der Waals surface area contributed by atoms with E-state index in [-0.39, 0.29) is 36.4 Å². The predicted octanol–water partition coefficient (Wildman–Crippen LogP) is 3.78. The second-order valence-corrected chi connectivity index (χ2v) is 7.20. The first-order valence-corrected chi connectivity index (χ1v) is 9.72. The molecule has 0 unspecified atom stereocenters. The highest BCUT2D eigenvalue weighted by Crippen LogP contribution is 2.20. The van der Waals surface area contributed by atoms with Crippen LogP contribution in [0, 0.1) is 11.6 Å². The van der Waals surface area contributed by atoms with Crippen molar-refractivity contribution in [2.75, 3.05) is 5.32 Å². The first-order valence-electron chi connectivity index (χ1n) is 9.72. The Hall–Kier alpha value is -3.65. The number of hydrogen-bond acceptors (Lipinski definition) is 5. The third-order valence-corrected chi connectivity index (χ3v) is 5.11. The maximum atomic E-state index is 14.1. The lowest BCUT2D eigenvalue weighted by Crippen LogP contribution is -2.22. The Morgan fingerprint density at radius 3 is 2.45 bits per heavy atom. The molecule has 2 heterocycles. The molecule has 0 radical (unpaired) electrons. The van der Waals surface area contributed by atoms with Crippen LogP contribution in [0.5, 0.6) is 0 Å². The number of pyridine rings is 1. The van der Waals surface area contributed by atoms with Crippen molar-refractivity contribution < 1.29 is 13.9 Å². The van der Waals surface area contributed by atoms with Crippen molar-refractivity contribution in [2.45, 2.75) is 26.1 Å². The van der Waals surface area contributed by atoms with Gasteiger partial charge in [0, 0.05) is 23.2 Å². The monoisotopic (exact) mass is 422 g/mol. The van der Waals surface area contributed by atoms with E-state index in [0.717, 1.165) is 23.3 Å². The standard InChI is InChI=1S/C23H20F2N4O2/c1-14(16-7-5-15(13-30)6-8-16)27-23-26-11-17-9-10-21(31)29(22(17)28-23)12-18-19(24)3-2-4-20(18)25/h2-11,14,30H,12-13H2,1H3,(H,26,27,28)/t14-/m0/s1. The normalized spacial score (nSPS) is 12.1. The van der Waals surface area contributed by atoms with Crippen LogP contribution in [0.2, 0.25) is 0 Å². The molecule has 31 heavy (non-hydrogen) atoms. The highest BCUT2D eigenvalue weighted by atomic mass is 19.1. The summed E-state index contributed by atoms with van der Waals surface area (Å²) in [7, 11) is 0. The lowest BCUT2D eigenvalue weighted by Gasteiger charge is -2.16. The third-order valence-electron chi connectivity index (χ3n) is 5.11. The summed E-state index contributed by atoms with van der Waals surface area (Å²) in [5, 5.41) is 12.9. The van der Waals surface area contributed by atoms with Gasteiger partial charge in [0.2, 0.25) is 5.95 Å². The number of rotatable bonds is 6. The Balaban J connectivity index is 1.69. The van der Waals surface area contributed by atoms with Gasteiger partial charge in [0.15, 0.2) is 0 Å². The number of fused-ring (bicyclic) bond motifs is 1. The molecule has 1 atom stereocenters. The molecule has 0 aliphatic rings. The number of aromatic nitrogens is 3. The number of nitrogens with zero attached hydrogens (tertiary/aromatic N) is 3. The minimum Gasteiger partial charge on any atom is -0.392 e. The van der Waals surface area contributed by atoms with E-state index in [0.29, 0.717) is 5.39 Å². The zero-order valence-corrected chi connectivity index (χ0v) is 16.7. The van der Waals surface area contributed by atoms with Crippen LogP contribution < -0.4 is 10.9 Å². The van der Waals surface area contributed by atoms with Gasteiger partial charge in [0.05, 0.1) is 19.2 Å². The molecule has 0 spiro atoms. The molecule has 0 amide bonds. The summed E-state index contributed by atoms with van der Waals surface area (Å²) in [6.07, 6.45) is 1.56. The zero-order chi connectivity index (χ0) is 22.0. The molecule has 0 aliphatic carbocycles. The highest BCUT2D eigenvalue weighted by molar-refractivity contribution is 5.75. The lowest BCUT2D eigenvalue weighted by atomic mass is 10.1. The van der Waals surface area contributed by atoms with Crippen molar-refractivity contribution in [1.82, 2.24) is 14.5 Å². The molecular weight excluding hydrogens is 402 g/mol. The Morgan fingerprint density at radius 2 is 1.77 bits per heavy atom. The van der Waals surface area contributed by atoms with E-state index in [9.17, 15) is 18.7 Å². The number of nitrogens with one attached hydrogen (secondary N) is 1. The minimum absolute atomic E-state index is 0.0317. The van der Waals surface area contributed by atoms with E-state index in [1.807, 2.05) is 31.2 Å². The van der Waals surface area contributed by atoms with Crippen LogP contribution in [0.1, 0.15) is 29.7 Å². The molecule has 0 saturated carbocycles. The predicted molar refractivity (Wildman–Crippen MR) is 114 cm³/mol. The van der Waals surface area contributed by atoms with Gasteiger partial charge in [0.25, 0.3) is 5.56 Å². The Labute approximate surface area is 176 Å². The zero-order valence-electron chi connectivity index (χ0n) is 16.7. The maximum absolute atomic E-state index is 14.1. The first kappa shape index (κ1) is 20.6. The van der Waals surface area contributed by atoms with Gasteiger partial charge in [0.1, 0.15) is 17.3 Å². The van der Waals surface area contributed by atoms with Crippen molar-refractivity contribution in [3.63, 3.8) is 0 Å². The largest absolute Gasteiger partial charge is 0.392 e. The van der Waals surface area contributed by atoms with Crippen LogP contribution >= 0.6 is 0 Å². The van der Waals surface area contributed by atoms with Gasteiger partial charge < -0.3 is 10.4 Å². The summed E-state index contributed by atoms with van der Waals surface area (Å²) in [6.45, 7) is 1.60.